The first kappa shape index (κ1) is 15.0. The predicted octanol–water partition coefficient (Wildman–Crippen LogP) is 2.98. The number of rotatable bonds is 5. The van der Waals surface area contributed by atoms with Gasteiger partial charge in [-0.25, -0.2) is 4.98 Å². The second-order valence-electron chi connectivity index (χ2n) is 6.86. The zero-order chi connectivity index (χ0) is 16.7. The van der Waals surface area contributed by atoms with Gasteiger partial charge in [0.25, 0.3) is 0 Å². The van der Waals surface area contributed by atoms with Crippen LogP contribution in [0, 0.1) is 5.92 Å². The van der Waals surface area contributed by atoms with Gasteiger partial charge in [0, 0.05) is 38.1 Å². The Bertz CT molecular complexity index is 770. The molecular formula is C19H22N4O. The van der Waals surface area contributed by atoms with Crippen molar-refractivity contribution in [3.05, 3.63) is 36.5 Å². The molecule has 2 aliphatic rings. The summed E-state index contributed by atoms with van der Waals surface area (Å²) in [5.41, 5.74) is 4.41. The van der Waals surface area contributed by atoms with Crippen LogP contribution in [0.15, 0.2) is 36.5 Å². The van der Waals surface area contributed by atoms with E-state index in [-0.39, 0.29) is 6.17 Å². The summed E-state index contributed by atoms with van der Waals surface area (Å²) in [4.78, 5) is 20.2. The molecule has 1 unspecified atom stereocenters. The monoisotopic (exact) mass is 322 g/mol. The van der Waals surface area contributed by atoms with Gasteiger partial charge in [0.05, 0.1) is 5.69 Å². The number of pyridine rings is 1. The maximum absolute atomic E-state index is 11.4. The van der Waals surface area contributed by atoms with E-state index in [1.807, 2.05) is 20.3 Å². The molecule has 1 fully saturated rings. The number of aldehydes is 1. The fourth-order valence-corrected chi connectivity index (χ4v) is 3.17. The summed E-state index contributed by atoms with van der Waals surface area (Å²) in [5.74, 6) is 1.51. The summed E-state index contributed by atoms with van der Waals surface area (Å²) in [6, 6.07) is 10.6. The summed E-state index contributed by atoms with van der Waals surface area (Å²) in [5, 5.41) is 3.21. The molecule has 5 heteroatoms. The van der Waals surface area contributed by atoms with Crippen molar-refractivity contribution in [2.45, 2.75) is 19.0 Å². The maximum Gasteiger partial charge on any atom is 0.162 e. The standard InChI is InChI=1S/C19H22N4O/c1-22(2)16-5-3-4-14(8-16)15-9-17-19(20-10-15)21-18(12-24)23(17)11-13-6-7-13/h3-5,8-10,12-13,18H,6-7,11H2,1-2H3,(H,20,21). The van der Waals surface area contributed by atoms with Gasteiger partial charge in [-0.1, -0.05) is 12.1 Å². The largest absolute Gasteiger partial charge is 0.378 e. The summed E-state index contributed by atoms with van der Waals surface area (Å²) in [6.45, 7) is 0.923. The number of nitrogens with zero attached hydrogens (tertiary/aromatic N) is 3. The lowest BCUT2D eigenvalue weighted by Crippen LogP contribution is -2.38. The van der Waals surface area contributed by atoms with Crippen molar-refractivity contribution >= 4 is 23.5 Å². The Morgan fingerprint density at radius 3 is 2.83 bits per heavy atom. The molecule has 1 aliphatic heterocycles. The highest BCUT2D eigenvalue weighted by Gasteiger charge is 2.34. The first-order valence-corrected chi connectivity index (χ1v) is 8.42. The van der Waals surface area contributed by atoms with Crippen molar-refractivity contribution in [2.75, 3.05) is 35.8 Å². The molecule has 1 saturated carbocycles. The number of carbonyl (C=O) groups excluding carboxylic acids is 1. The van der Waals surface area contributed by atoms with E-state index in [1.54, 1.807) is 0 Å². The van der Waals surface area contributed by atoms with Crippen LogP contribution in [0.5, 0.6) is 0 Å². The second-order valence-corrected chi connectivity index (χ2v) is 6.86. The van der Waals surface area contributed by atoms with Gasteiger partial charge in [0.2, 0.25) is 0 Å². The zero-order valence-corrected chi connectivity index (χ0v) is 14.1. The molecule has 1 N–H and O–H groups in total. The van der Waals surface area contributed by atoms with E-state index in [1.165, 1.54) is 12.8 Å². The van der Waals surface area contributed by atoms with E-state index in [4.69, 9.17) is 0 Å². The lowest BCUT2D eigenvalue weighted by molar-refractivity contribution is -0.108. The van der Waals surface area contributed by atoms with Crippen LogP contribution in [0.4, 0.5) is 17.2 Å². The molecule has 0 radical (unpaired) electrons. The minimum absolute atomic E-state index is 0.295. The van der Waals surface area contributed by atoms with Crippen LogP contribution in [0.3, 0.4) is 0 Å². The Morgan fingerprint density at radius 2 is 2.12 bits per heavy atom. The number of anilines is 3. The van der Waals surface area contributed by atoms with Crippen molar-refractivity contribution in [3.63, 3.8) is 0 Å². The van der Waals surface area contributed by atoms with Gasteiger partial charge < -0.3 is 15.1 Å². The minimum Gasteiger partial charge on any atom is -0.378 e. The fraction of sp³-hybridized carbons (Fsp3) is 0.368. The van der Waals surface area contributed by atoms with E-state index in [9.17, 15) is 4.79 Å². The molecule has 1 atom stereocenters. The first-order valence-electron chi connectivity index (χ1n) is 8.42. The molecule has 0 spiro atoms. The lowest BCUT2D eigenvalue weighted by Gasteiger charge is -2.22. The van der Waals surface area contributed by atoms with Crippen molar-refractivity contribution in [3.8, 4) is 11.1 Å². The molecule has 0 amide bonds. The van der Waals surface area contributed by atoms with E-state index >= 15 is 0 Å². The highest BCUT2D eigenvalue weighted by Crippen LogP contribution is 2.39. The van der Waals surface area contributed by atoms with E-state index in [0.717, 1.165) is 41.2 Å². The van der Waals surface area contributed by atoms with Crippen LogP contribution in [-0.2, 0) is 4.79 Å². The number of aromatic nitrogens is 1. The number of hydrogen-bond acceptors (Lipinski definition) is 5. The van der Waals surface area contributed by atoms with Gasteiger partial charge in [-0.15, -0.1) is 0 Å². The van der Waals surface area contributed by atoms with Gasteiger partial charge in [-0.05, 0) is 42.5 Å². The molecule has 0 bridgehead atoms. The van der Waals surface area contributed by atoms with Gasteiger partial charge >= 0.3 is 0 Å². The highest BCUT2D eigenvalue weighted by atomic mass is 16.1. The second kappa shape index (κ2) is 5.82. The summed E-state index contributed by atoms with van der Waals surface area (Å²) in [7, 11) is 4.08. The number of carbonyl (C=O) groups is 1. The van der Waals surface area contributed by atoms with E-state index in [0.29, 0.717) is 5.92 Å². The molecule has 1 aromatic heterocycles. The topological polar surface area (TPSA) is 48.5 Å². The summed E-state index contributed by atoms with van der Waals surface area (Å²) < 4.78 is 0. The quantitative estimate of drug-likeness (QED) is 0.858. The SMILES string of the molecule is CN(C)c1cccc(-c2cnc3c(c2)N(CC2CC2)C(C=O)N3)c1. The zero-order valence-electron chi connectivity index (χ0n) is 14.1. The third kappa shape index (κ3) is 2.70. The molecule has 0 saturated heterocycles. The third-order valence-corrected chi connectivity index (χ3v) is 4.77. The van der Waals surface area contributed by atoms with Crippen molar-refractivity contribution in [1.29, 1.82) is 0 Å². The van der Waals surface area contributed by atoms with Crippen LogP contribution in [-0.4, -0.2) is 38.1 Å². The summed E-state index contributed by atoms with van der Waals surface area (Å²) >= 11 is 0. The van der Waals surface area contributed by atoms with Crippen LogP contribution in [0.1, 0.15) is 12.8 Å². The van der Waals surface area contributed by atoms with Gasteiger partial charge in [-0.2, -0.15) is 0 Å². The normalized spacial score (nSPS) is 18.9. The minimum atomic E-state index is -0.295. The van der Waals surface area contributed by atoms with Gasteiger partial charge in [-0.3, -0.25) is 4.79 Å². The van der Waals surface area contributed by atoms with Crippen LogP contribution in [0.2, 0.25) is 0 Å². The molecule has 24 heavy (non-hydrogen) atoms. The van der Waals surface area contributed by atoms with Crippen molar-refractivity contribution in [2.24, 2.45) is 5.92 Å². The molecule has 1 aromatic carbocycles. The number of fused-ring (bicyclic) bond motifs is 1. The Hall–Kier alpha value is -2.56. The highest BCUT2D eigenvalue weighted by molar-refractivity contribution is 5.85. The van der Waals surface area contributed by atoms with E-state index < -0.39 is 0 Å². The van der Waals surface area contributed by atoms with Crippen molar-refractivity contribution in [1.82, 2.24) is 4.98 Å². The Balaban J connectivity index is 1.70. The molecule has 2 aromatic rings. The fourth-order valence-electron chi connectivity index (χ4n) is 3.17. The van der Waals surface area contributed by atoms with Crippen LogP contribution < -0.4 is 15.1 Å². The molecule has 2 heterocycles. The van der Waals surface area contributed by atoms with Gasteiger partial charge in [0.1, 0.15) is 0 Å². The van der Waals surface area contributed by atoms with Crippen molar-refractivity contribution < 1.29 is 4.79 Å². The molecule has 5 nitrogen and oxygen atoms in total. The maximum atomic E-state index is 11.4. The summed E-state index contributed by atoms with van der Waals surface area (Å²) in [6.07, 6.45) is 5.07. The third-order valence-electron chi connectivity index (χ3n) is 4.77. The number of benzene rings is 1. The predicted molar refractivity (Wildman–Crippen MR) is 97.5 cm³/mol. The Morgan fingerprint density at radius 1 is 1.29 bits per heavy atom. The molecule has 1 aliphatic carbocycles. The first-order chi connectivity index (χ1) is 11.7. The number of nitrogens with one attached hydrogen (secondary N) is 1. The average molecular weight is 322 g/mol. The lowest BCUT2D eigenvalue weighted by atomic mass is 10.1. The Labute approximate surface area is 142 Å². The van der Waals surface area contributed by atoms with Crippen LogP contribution in [0.25, 0.3) is 11.1 Å². The van der Waals surface area contributed by atoms with Gasteiger partial charge in [0.15, 0.2) is 18.3 Å². The Kier molecular flexibility index (Phi) is 3.63. The molecule has 124 valence electrons. The van der Waals surface area contributed by atoms with Crippen LogP contribution >= 0.6 is 0 Å². The molecular weight excluding hydrogens is 300 g/mol. The number of hydrogen-bond donors (Lipinski definition) is 1. The average Bonchev–Trinajstić information content (AvgIpc) is 3.35. The molecule has 4 rings (SSSR count). The smallest absolute Gasteiger partial charge is 0.162 e. The van der Waals surface area contributed by atoms with E-state index in [2.05, 4.69) is 50.4 Å².